The topological polar surface area (TPSA) is 48.4 Å². The molecule has 3 heteroatoms. The van der Waals surface area contributed by atoms with Gasteiger partial charge in [0.25, 0.3) is 0 Å². The molecule has 0 radical (unpaired) electrons. The maximum Gasteiger partial charge on any atom is 0.129 e. The largest absolute Gasteiger partial charge is 0.462 e. The third-order valence-corrected chi connectivity index (χ3v) is 2.38. The Kier molecular flexibility index (Phi) is 3.72. The van der Waals surface area contributed by atoms with Gasteiger partial charge in [0.05, 0.1) is 12.1 Å². The molecule has 3 nitrogen and oxygen atoms in total. The van der Waals surface area contributed by atoms with Gasteiger partial charge < -0.3 is 14.9 Å². The fourth-order valence-electron chi connectivity index (χ4n) is 0.978. The molecule has 80 valence electrons. The van der Waals surface area contributed by atoms with Crippen LogP contribution in [0, 0.1) is 0 Å². The number of hydrogen-bond acceptors (Lipinski definition) is 3. The minimum atomic E-state index is -0.0876. The van der Waals surface area contributed by atoms with Crippen LogP contribution in [-0.2, 0) is 17.9 Å². The van der Waals surface area contributed by atoms with Gasteiger partial charge in [0.15, 0.2) is 0 Å². The van der Waals surface area contributed by atoms with Gasteiger partial charge in [-0.05, 0) is 32.4 Å². The second-order valence-electron chi connectivity index (χ2n) is 3.97. The highest BCUT2D eigenvalue weighted by Gasteiger charge is 2.15. The van der Waals surface area contributed by atoms with Crippen molar-refractivity contribution in [1.29, 1.82) is 0 Å². The molecular formula is C11H19NO2. The average Bonchev–Trinajstić information content (AvgIpc) is 2.63. The van der Waals surface area contributed by atoms with Crippen molar-refractivity contribution in [3.8, 4) is 0 Å². The van der Waals surface area contributed by atoms with Crippen LogP contribution in [0.1, 0.15) is 38.7 Å². The molecule has 2 N–H and O–H groups in total. The van der Waals surface area contributed by atoms with Crippen molar-refractivity contribution in [2.45, 2.75) is 45.9 Å². The van der Waals surface area contributed by atoms with Crippen molar-refractivity contribution in [1.82, 2.24) is 0 Å². The first-order valence-corrected chi connectivity index (χ1v) is 4.99. The molecule has 0 aliphatic heterocycles. The van der Waals surface area contributed by atoms with Crippen molar-refractivity contribution in [3.05, 3.63) is 23.7 Å². The zero-order chi connectivity index (χ0) is 10.6. The lowest BCUT2D eigenvalue weighted by molar-refractivity contribution is -0.0386. The lowest BCUT2D eigenvalue weighted by atomic mass is 10.1. The summed E-state index contributed by atoms with van der Waals surface area (Å²) < 4.78 is 11.1. The molecular weight excluding hydrogens is 178 g/mol. The van der Waals surface area contributed by atoms with Gasteiger partial charge in [0.2, 0.25) is 0 Å². The summed E-state index contributed by atoms with van der Waals surface area (Å²) in [4.78, 5) is 0. The standard InChI is InChI=1S/C11H19NO2/c1-4-11(2,3)13-8-10-6-5-9(7-12)14-10/h5-6H,4,7-8,12H2,1-3H3. The number of furan rings is 1. The van der Waals surface area contributed by atoms with Crippen LogP contribution >= 0.6 is 0 Å². The van der Waals surface area contributed by atoms with E-state index in [1.54, 1.807) is 0 Å². The summed E-state index contributed by atoms with van der Waals surface area (Å²) in [6, 6.07) is 3.80. The van der Waals surface area contributed by atoms with Gasteiger partial charge in [-0.2, -0.15) is 0 Å². The molecule has 1 heterocycles. The van der Waals surface area contributed by atoms with Crippen molar-refractivity contribution < 1.29 is 9.15 Å². The molecule has 14 heavy (non-hydrogen) atoms. The van der Waals surface area contributed by atoms with E-state index in [9.17, 15) is 0 Å². The van der Waals surface area contributed by atoms with E-state index in [2.05, 4.69) is 20.8 Å². The van der Waals surface area contributed by atoms with Crippen molar-refractivity contribution in [2.24, 2.45) is 5.73 Å². The fraction of sp³-hybridized carbons (Fsp3) is 0.636. The van der Waals surface area contributed by atoms with Gasteiger partial charge in [-0.15, -0.1) is 0 Å². The Balaban J connectivity index is 2.45. The predicted octanol–water partition coefficient (Wildman–Crippen LogP) is 2.44. The first kappa shape index (κ1) is 11.3. The molecule has 0 saturated heterocycles. The Morgan fingerprint density at radius 2 is 2.00 bits per heavy atom. The van der Waals surface area contributed by atoms with Gasteiger partial charge >= 0.3 is 0 Å². The van der Waals surface area contributed by atoms with Crippen LogP contribution in [0.15, 0.2) is 16.5 Å². The van der Waals surface area contributed by atoms with E-state index in [-0.39, 0.29) is 5.60 Å². The normalized spacial score (nSPS) is 12.0. The van der Waals surface area contributed by atoms with Crippen LogP contribution in [-0.4, -0.2) is 5.60 Å². The summed E-state index contributed by atoms with van der Waals surface area (Å²) in [7, 11) is 0. The van der Waals surface area contributed by atoms with E-state index in [1.165, 1.54) is 0 Å². The summed E-state index contributed by atoms with van der Waals surface area (Å²) in [6.07, 6.45) is 0.984. The van der Waals surface area contributed by atoms with E-state index in [0.29, 0.717) is 13.2 Å². The second-order valence-corrected chi connectivity index (χ2v) is 3.97. The molecule has 0 saturated carbocycles. The molecule has 0 atom stereocenters. The summed E-state index contributed by atoms with van der Waals surface area (Å²) in [5.74, 6) is 1.64. The van der Waals surface area contributed by atoms with Gasteiger partial charge in [0, 0.05) is 0 Å². The quantitative estimate of drug-likeness (QED) is 0.788. The van der Waals surface area contributed by atoms with Gasteiger partial charge in [-0.1, -0.05) is 6.92 Å². The molecule has 0 aliphatic carbocycles. The highest BCUT2D eigenvalue weighted by atomic mass is 16.5. The maximum absolute atomic E-state index is 5.69. The van der Waals surface area contributed by atoms with Crippen LogP contribution in [0.3, 0.4) is 0 Å². The van der Waals surface area contributed by atoms with Crippen molar-refractivity contribution >= 4 is 0 Å². The first-order valence-electron chi connectivity index (χ1n) is 4.99. The second kappa shape index (κ2) is 4.62. The monoisotopic (exact) mass is 197 g/mol. The third-order valence-electron chi connectivity index (χ3n) is 2.38. The number of ether oxygens (including phenoxy) is 1. The van der Waals surface area contributed by atoms with E-state index in [4.69, 9.17) is 14.9 Å². The molecule has 0 spiro atoms. The Hall–Kier alpha value is -0.800. The van der Waals surface area contributed by atoms with E-state index in [1.807, 2.05) is 12.1 Å². The van der Waals surface area contributed by atoms with Crippen LogP contribution in [0.4, 0.5) is 0 Å². The zero-order valence-electron chi connectivity index (χ0n) is 9.17. The van der Waals surface area contributed by atoms with Gasteiger partial charge in [0.1, 0.15) is 18.1 Å². The van der Waals surface area contributed by atoms with E-state index in [0.717, 1.165) is 17.9 Å². The van der Waals surface area contributed by atoms with Crippen LogP contribution in [0.2, 0.25) is 0 Å². The summed E-state index contributed by atoms with van der Waals surface area (Å²) in [5.41, 5.74) is 5.35. The molecule has 0 fully saturated rings. The predicted molar refractivity (Wildman–Crippen MR) is 55.8 cm³/mol. The highest BCUT2D eigenvalue weighted by Crippen LogP contribution is 2.17. The Bertz CT molecular complexity index is 279. The lowest BCUT2D eigenvalue weighted by Crippen LogP contribution is -2.22. The summed E-state index contributed by atoms with van der Waals surface area (Å²) in [6.45, 7) is 7.20. The molecule has 0 bridgehead atoms. The smallest absolute Gasteiger partial charge is 0.129 e. The van der Waals surface area contributed by atoms with Crippen molar-refractivity contribution in [3.63, 3.8) is 0 Å². The molecule has 1 rings (SSSR count). The lowest BCUT2D eigenvalue weighted by Gasteiger charge is -2.22. The Morgan fingerprint density at radius 1 is 1.36 bits per heavy atom. The third kappa shape index (κ3) is 3.16. The molecule has 1 aromatic heterocycles. The molecule has 1 aromatic rings. The minimum Gasteiger partial charge on any atom is -0.462 e. The highest BCUT2D eigenvalue weighted by molar-refractivity contribution is 5.05. The van der Waals surface area contributed by atoms with Crippen LogP contribution in [0.5, 0.6) is 0 Å². The minimum absolute atomic E-state index is 0.0876. The first-order chi connectivity index (χ1) is 6.57. The zero-order valence-corrected chi connectivity index (χ0v) is 9.17. The number of nitrogens with two attached hydrogens (primary N) is 1. The molecule has 0 aromatic carbocycles. The van der Waals surface area contributed by atoms with Crippen LogP contribution < -0.4 is 5.73 Å². The summed E-state index contributed by atoms with van der Waals surface area (Å²) in [5, 5.41) is 0. The Labute approximate surface area is 85.2 Å². The molecule has 0 aliphatic rings. The molecule has 0 amide bonds. The summed E-state index contributed by atoms with van der Waals surface area (Å²) >= 11 is 0. The van der Waals surface area contributed by atoms with E-state index >= 15 is 0 Å². The number of rotatable bonds is 5. The molecule has 0 unspecified atom stereocenters. The van der Waals surface area contributed by atoms with Crippen LogP contribution in [0.25, 0.3) is 0 Å². The average molecular weight is 197 g/mol. The van der Waals surface area contributed by atoms with Gasteiger partial charge in [-0.25, -0.2) is 0 Å². The maximum atomic E-state index is 5.69. The number of hydrogen-bond donors (Lipinski definition) is 1. The Morgan fingerprint density at radius 3 is 2.50 bits per heavy atom. The van der Waals surface area contributed by atoms with Gasteiger partial charge in [-0.3, -0.25) is 0 Å². The fourth-order valence-corrected chi connectivity index (χ4v) is 0.978. The van der Waals surface area contributed by atoms with E-state index < -0.39 is 0 Å². The van der Waals surface area contributed by atoms with Crippen molar-refractivity contribution in [2.75, 3.05) is 0 Å². The SMILES string of the molecule is CCC(C)(C)OCc1ccc(CN)o1.